The Hall–Kier alpha value is -1.51. The van der Waals surface area contributed by atoms with E-state index in [9.17, 15) is 5.11 Å². The van der Waals surface area contributed by atoms with Gasteiger partial charge in [-0.15, -0.1) is 0 Å². The Morgan fingerprint density at radius 1 is 1.41 bits per heavy atom. The fourth-order valence-corrected chi connectivity index (χ4v) is 2.38. The average Bonchev–Trinajstić information content (AvgIpc) is 3.01. The molecule has 1 aliphatic carbocycles. The van der Waals surface area contributed by atoms with Crippen LogP contribution in [0.2, 0.25) is 0 Å². The van der Waals surface area contributed by atoms with Gasteiger partial charge in [0.15, 0.2) is 0 Å². The van der Waals surface area contributed by atoms with Crippen molar-refractivity contribution in [3.8, 4) is 5.75 Å². The van der Waals surface area contributed by atoms with Crippen molar-refractivity contribution in [2.75, 3.05) is 0 Å². The SMILES string of the molecule is CC(C)Cc1nc2ccc(O)cc2n1C1CC1. The minimum Gasteiger partial charge on any atom is -0.508 e. The molecule has 3 rings (SSSR count). The van der Waals surface area contributed by atoms with E-state index in [4.69, 9.17) is 4.98 Å². The van der Waals surface area contributed by atoms with E-state index in [2.05, 4.69) is 18.4 Å². The van der Waals surface area contributed by atoms with E-state index in [1.54, 1.807) is 6.07 Å². The highest BCUT2D eigenvalue weighted by atomic mass is 16.3. The molecule has 0 atom stereocenters. The summed E-state index contributed by atoms with van der Waals surface area (Å²) in [5.74, 6) is 2.11. The number of phenolic OH excluding ortho intramolecular Hbond substituents is 1. The highest BCUT2D eigenvalue weighted by molar-refractivity contribution is 5.78. The van der Waals surface area contributed by atoms with E-state index in [0.717, 1.165) is 17.5 Å². The fourth-order valence-electron chi connectivity index (χ4n) is 2.38. The van der Waals surface area contributed by atoms with E-state index in [1.807, 2.05) is 12.1 Å². The Morgan fingerprint density at radius 3 is 2.82 bits per heavy atom. The lowest BCUT2D eigenvalue weighted by molar-refractivity contribution is 0.475. The molecule has 0 unspecified atom stereocenters. The number of hydrogen-bond acceptors (Lipinski definition) is 2. The Balaban J connectivity index is 2.16. The Bertz CT molecular complexity index is 553. The lowest BCUT2D eigenvalue weighted by Gasteiger charge is -2.09. The van der Waals surface area contributed by atoms with Crippen LogP contribution in [0.5, 0.6) is 5.75 Å². The molecule has 0 aliphatic heterocycles. The number of benzene rings is 1. The number of imidazole rings is 1. The van der Waals surface area contributed by atoms with Gasteiger partial charge in [0.2, 0.25) is 0 Å². The number of fused-ring (bicyclic) bond motifs is 1. The van der Waals surface area contributed by atoms with Crippen LogP contribution in [0.1, 0.15) is 38.6 Å². The zero-order valence-corrected chi connectivity index (χ0v) is 10.3. The zero-order valence-electron chi connectivity index (χ0n) is 10.3. The predicted molar refractivity (Wildman–Crippen MR) is 68.2 cm³/mol. The molecule has 1 aromatic carbocycles. The summed E-state index contributed by atoms with van der Waals surface area (Å²) in [6.45, 7) is 4.43. The molecule has 0 radical (unpaired) electrons. The second kappa shape index (κ2) is 3.76. The molecule has 1 fully saturated rings. The Labute approximate surface area is 101 Å². The average molecular weight is 230 g/mol. The van der Waals surface area contributed by atoms with Crippen molar-refractivity contribution in [2.24, 2.45) is 5.92 Å². The van der Waals surface area contributed by atoms with Gasteiger partial charge in [0.05, 0.1) is 11.0 Å². The van der Waals surface area contributed by atoms with Gasteiger partial charge in [-0.05, 0) is 30.9 Å². The van der Waals surface area contributed by atoms with Crippen LogP contribution < -0.4 is 0 Å². The summed E-state index contributed by atoms with van der Waals surface area (Å²) < 4.78 is 2.33. The van der Waals surface area contributed by atoms with Crippen molar-refractivity contribution >= 4 is 11.0 Å². The van der Waals surface area contributed by atoms with Crippen LogP contribution in [0.25, 0.3) is 11.0 Å². The molecule has 3 heteroatoms. The quantitative estimate of drug-likeness (QED) is 0.878. The topological polar surface area (TPSA) is 38.1 Å². The molecule has 3 nitrogen and oxygen atoms in total. The van der Waals surface area contributed by atoms with Crippen molar-refractivity contribution < 1.29 is 5.11 Å². The number of phenols is 1. The summed E-state index contributed by atoms with van der Waals surface area (Å²) in [4.78, 5) is 4.71. The van der Waals surface area contributed by atoms with Gasteiger partial charge in [0, 0.05) is 18.5 Å². The lowest BCUT2D eigenvalue weighted by Crippen LogP contribution is -2.05. The van der Waals surface area contributed by atoms with Crippen molar-refractivity contribution in [3.05, 3.63) is 24.0 Å². The van der Waals surface area contributed by atoms with Crippen molar-refractivity contribution in [3.63, 3.8) is 0 Å². The maximum atomic E-state index is 9.61. The van der Waals surface area contributed by atoms with Crippen LogP contribution in [0.15, 0.2) is 18.2 Å². The summed E-state index contributed by atoms with van der Waals surface area (Å²) in [6, 6.07) is 6.07. The first-order chi connectivity index (χ1) is 8.15. The molecule has 0 saturated heterocycles. The minimum absolute atomic E-state index is 0.329. The van der Waals surface area contributed by atoms with Crippen LogP contribution in [0, 0.1) is 5.92 Å². The van der Waals surface area contributed by atoms with Crippen molar-refractivity contribution in [1.82, 2.24) is 9.55 Å². The van der Waals surface area contributed by atoms with E-state index < -0.39 is 0 Å². The van der Waals surface area contributed by atoms with Gasteiger partial charge in [0.25, 0.3) is 0 Å². The van der Waals surface area contributed by atoms with E-state index in [-0.39, 0.29) is 0 Å². The first-order valence-corrected chi connectivity index (χ1v) is 6.35. The second-order valence-electron chi connectivity index (χ2n) is 5.40. The highest BCUT2D eigenvalue weighted by Crippen LogP contribution is 2.39. The summed E-state index contributed by atoms with van der Waals surface area (Å²) in [7, 11) is 0. The maximum absolute atomic E-state index is 9.61. The van der Waals surface area contributed by atoms with Crippen LogP contribution in [-0.2, 0) is 6.42 Å². The molecule has 0 bridgehead atoms. The van der Waals surface area contributed by atoms with Crippen molar-refractivity contribution in [1.29, 1.82) is 0 Å². The zero-order chi connectivity index (χ0) is 12.0. The van der Waals surface area contributed by atoms with E-state index in [1.165, 1.54) is 18.7 Å². The predicted octanol–water partition coefficient (Wildman–Crippen LogP) is 3.28. The van der Waals surface area contributed by atoms with E-state index >= 15 is 0 Å². The van der Waals surface area contributed by atoms with Crippen LogP contribution in [0.4, 0.5) is 0 Å². The highest BCUT2D eigenvalue weighted by Gasteiger charge is 2.28. The first kappa shape index (κ1) is 10.6. The number of nitrogens with zero attached hydrogens (tertiary/aromatic N) is 2. The monoisotopic (exact) mass is 230 g/mol. The maximum Gasteiger partial charge on any atom is 0.117 e. The molecule has 1 aromatic heterocycles. The number of hydrogen-bond donors (Lipinski definition) is 1. The summed E-state index contributed by atoms with van der Waals surface area (Å²) in [6.07, 6.45) is 3.49. The normalized spacial score (nSPS) is 15.9. The van der Waals surface area contributed by atoms with E-state index in [0.29, 0.717) is 17.7 Å². The number of rotatable bonds is 3. The number of aromatic nitrogens is 2. The molecule has 0 amide bonds. The van der Waals surface area contributed by atoms with Crippen LogP contribution in [0.3, 0.4) is 0 Å². The summed E-state index contributed by atoms with van der Waals surface area (Å²) in [5.41, 5.74) is 2.09. The van der Waals surface area contributed by atoms with Gasteiger partial charge in [0.1, 0.15) is 11.6 Å². The smallest absolute Gasteiger partial charge is 0.117 e. The minimum atomic E-state index is 0.329. The molecule has 17 heavy (non-hydrogen) atoms. The molecule has 1 saturated carbocycles. The van der Waals surface area contributed by atoms with Gasteiger partial charge in [-0.3, -0.25) is 0 Å². The van der Waals surface area contributed by atoms with Crippen molar-refractivity contribution in [2.45, 2.75) is 39.2 Å². The molecular formula is C14H18N2O. The standard InChI is InChI=1S/C14H18N2O/c1-9(2)7-14-15-12-6-5-11(17)8-13(12)16(14)10-3-4-10/h5-6,8-10,17H,3-4,7H2,1-2H3. The first-order valence-electron chi connectivity index (χ1n) is 6.35. The van der Waals surface area contributed by atoms with Crippen LogP contribution in [-0.4, -0.2) is 14.7 Å². The molecular weight excluding hydrogens is 212 g/mol. The summed E-state index contributed by atoms with van der Waals surface area (Å²) >= 11 is 0. The van der Waals surface area contributed by atoms with Gasteiger partial charge in [-0.2, -0.15) is 0 Å². The largest absolute Gasteiger partial charge is 0.508 e. The van der Waals surface area contributed by atoms with Gasteiger partial charge < -0.3 is 9.67 Å². The third kappa shape index (κ3) is 1.90. The van der Waals surface area contributed by atoms with Gasteiger partial charge >= 0.3 is 0 Å². The Morgan fingerprint density at radius 2 is 2.18 bits per heavy atom. The molecule has 1 N–H and O–H groups in total. The lowest BCUT2D eigenvalue weighted by atomic mass is 10.1. The Kier molecular flexibility index (Phi) is 2.35. The number of aromatic hydroxyl groups is 1. The molecule has 1 heterocycles. The fraction of sp³-hybridized carbons (Fsp3) is 0.500. The second-order valence-corrected chi connectivity index (χ2v) is 5.40. The molecule has 90 valence electrons. The molecule has 1 aliphatic rings. The molecule has 0 spiro atoms. The van der Waals surface area contributed by atoms with Gasteiger partial charge in [-0.25, -0.2) is 4.98 Å². The molecule has 2 aromatic rings. The van der Waals surface area contributed by atoms with Gasteiger partial charge in [-0.1, -0.05) is 13.8 Å². The summed E-state index contributed by atoms with van der Waals surface area (Å²) in [5, 5.41) is 9.61. The third-order valence-electron chi connectivity index (χ3n) is 3.25. The van der Waals surface area contributed by atoms with Crippen LogP contribution >= 0.6 is 0 Å². The third-order valence-corrected chi connectivity index (χ3v) is 3.25.